The molecule has 146 valence electrons. The number of hydrogen-bond acceptors (Lipinski definition) is 4. The van der Waals surface area contributed by atoms with E-state index in [0.717, 1.165) is 30.4 Å². The van der Waals surface area contributed by atoms with Crippen LogP contribution in [0.4, 0.5) is 0 Å². The molecule has 1 N–H and O–H groups in total. The monoisotopic (exact) mass is 378 g/mol. The summed E-state index contributed by atoms with van der Waals surface area (Å²) < 4.78 is 7.62. The predicted octanol–water partition coefficient (Wildman–Crippen LogP) is 4.03. The molecule has 0 saturated heterocycles. The summed E-state index contributed by atoms with van der Waals surface area (Å²) in [6, 6.07) is 9.70. The number of carbonyl (C=O) groups excluding carboxylic acids is 1. The van der Waals surface area contributed by atoms with Crippen LogP contribution in [0, 0.1) is 0 Å². The first-order chi connectivity index (χ1) is 13.4. The minimum absolute atomic E-state index is 0.00726. The molecule has 3 aromatic rings. The first-order valence-corrected chi connectivity index (χ1v) is 9.78. The molecule has 0 fully saturated rings. The van der Waals surface area contributed by atoms with E-state index in [1.807, 2.05) is 36.5 Å². The van der Waals surface area contributed by atoms with E-state index in [4.69, 9.17) is 4.42 Å². The maximum atomic E-state index is 12.6. The molecule has 2 aromatic heterocycles. The molecule has 6 heteroatoms. The molecule has 1 aliphatic rings. The van der Waals surface area contributed by atoms with E-state index in [1.54, 1.807) is 6.26 Å². The Morgan fingerprint density at radius 3 is 2.82 bits per heavy atom. The zero-order valence-electron chi connectivity index (χ0n) is 16.6. The topological polar surface area (TPSA) is 73.0 Å². The lowest BCUT2D eigenvalue weighted by Crippen LogP contribution is -2.33. The zero-order chi connectivity index (χ0) is 19.7. The van der Waals surface area contributed by atoms with Gasteiger partial charge in [-0.2, -0.15) is 5.10 Å². The van der Waals surface area contributed by atoms with Crippen molar-refractivity contribution in [3.63, 3.8) is 0 Å². The fourth-order valence-corrected chi connectivity index (χ4v) is 3.80. The fourth-order valence-electron chi connectivity index (χ4n) is 3.80. The Balaban J connectivity index is 1.44. The third-order valence-corrected chi connectivity index (χ3v) is 5.07. The third kappa shape index (κ3) is 3.72. The van der Waals surface area contributed by atoms with Gasteiger partial charge in [-0.3, -0.25) is 9.48 Å². The van der Waals surface area contributed by atoms with Crippen molar-refractivity contribution in [3.05, 3.63) is 59.7 Å². The van der Waals surface area contributed by atoms with Crippen LogP contribution in [0.5, 0.6) is 0 Å². The van der Waals surface area contributed by atoms with Crippen molar-refractivity contribution >= 4 is 5.91 Å². The molecule has 0 spiro atoms. The summed E-state index contributed by atoms with van der Waals surface area (Å²) >= 11 is 0. The summed E-state index contributed by atoms with van der Waals surface area (Å²) in [5.41, 5.74) is 3.85. The second-order valence-electron chi connectivity index (χ2n) is 8.33. The van der Waals surface area contributed by atoms with E-state index < -0.39 is 0 Å². The van der Waals surface area contributed by atoms with Gasteiger partial charge in [-0.1, -0.05) is 18.2 Å². The van der Waals surface area contributed by atoms with Gasteiger partial charge < -0.3 is 9.73 Å². The van der Waals surface area contributed by atoms with Crippen LogP contribution in [-0.4, -0.2) is 20.7 Å². The smallest absolute Gasteiger partial charge is 0.226 e. The van der Waals surface area contributed by atoms with Gasteiger partial charge >= 0.3 is 0 Å². The Kier molecular flexibility index (Phi) is 4.79. The quantitative estimate of drug-likeness (QED) is 0.744. The van der Waals surface area contributed by atoms with Gasteiger partial charge in [-0.05, 0) is 52.2 Å². The molecule has 0 bridgehead atoms. The Bertz CT molecular complexity index is 966. The number of oxazole rings is 1. The van der Waals surface area contributed by atoms with E-state index in [0.29, 0.717) is 11.6 Å². The number of rotatable bonds is 4. The summed E-state index contributed by atoms with van der Waals surface area (Å²) in [5.74, 6) is 0.490. The average Bonchev–Trinajstić information content (AvgIpc) is 3.29. The summed E-state index contributed by atoms with van der Waals surface area (Å²) in [6.45, 7) is 6.45. The van der Waals surface area contributed by atoms with Gasteiger partial charge in [0.2, 0.25) is 11.8 Å². The number of aromatic nitrogens is 3. The standard InChI is InChI=1S/C22H26N4O2/c1-22(2,3)26-19-11-7-10-18(17(19)13-23-26)25-20(27)12-16-14-28-21(24-16)15-8-5-4-6-9-15/h4-6,8-9,13-14,18H,7,10-12H2,1-3H3,(H,25,27)/t18-/m0/s1. The largest absolute Gasteiger partial charge is 0.444 e. The lowest BCUT2D eigenvalue weighted by atomic mass is 9.92. The number of carbonyl (C=O) groups is 1. The van der Waals surface area contributed by atoms with Crippen LogP contribution in [0.15, 0.2) is 47.2 Å². The number of fused-ring (bicyclic) bond motifs is 1. The third-order valence-electron chi connectivity index (χ3n) is 5.07. The van der Waals surface area contributed by atoms with Crippen LogP contribution >= 0.6 is 0 Å². The highest BCUT2D eigenvalue weighted by molar-refractivity contribution is 5.78. The summed E-state index contributed by atoms with van der Waals surface area (Å²) in [7, 11) is 0. The maximum absolute atomic E-state index is 12.6. The molecule has 0 aliphatic heterocycles. The van der Waals surface area contributed by atoms with Gasteiger partial charge in [0.1, 0.15) is 6.26 Å². The van der Waals surface area contributed by atoms with Gasteiger partial charge in [0.15, 0.2) is 0 Å². The number of nitrogens with zero attached hydrogens (tertiary/aromatic N) is 3. The van der Waals surface area contributed by atoms with Gasteiger partial charge in [0.05, 0.1) is 29.9 Å². The van der Waals surface area contributed by atoms with Crippen LogP contribution in [0.3, 0.4) is 0 Å². The van der Waals surface area contributed by atoms with Crippen molar-refractivity contribution in [1.29, 1.82) is 0 Å². The lowest BCUT2D eigenvalue weighted by Gasteiger charge is -2.28. The Hall–Kier alpha value is -2.89. The second-order valence-corrected chi connectivity index (χ2v) is 8.33. The van der Waals surface area contributed by atoms with Crippen LogP contribution in [0.25, 0.3) is 11.5 Å². The zero-order valence-corrected chi connectivity index (χ0v) is 16.6. The van der Waals surface area contributed by atoms with Crippen molar-refractivity contribution < 1.29 is 9.21 Å². The van der Waals surface area contributed by atoms with Crippen LogP contribution in [0.1, 0.15) is 56.6 Å². The first kappa shape index (κ1) is 18.5. The molecule has 0 radical (unpaired) electrons. The van der Waals surface area contributed by atoms with E-state index in [-0.39, 0.29) is 23.9 Å². The fraction of sp³-hybridized carbons (Fsp3) is 0.409. The van der Waals surface area contributed by atoms with Crippen LogP contribution in [-0.2, 0) is 23.2 Å². The SMILES string of the molecule is CC(C)(C)n1ncc2c1CCC[C@@H]2NC(=O)Cc1coc(-c2ccccc2)n1. The number of amides is 1. The highest BCUT2D eigenvalue weighted by Gasteiger charge is 2.29. The summed E-state index contributed by atoms with van der Waals surface area (Å²) in [6.07, 6.45) is 6.66. The number of benzene rings is 1. The molecular weight excluding hydrogens is 352 g/mol. The van der Waals surface area contributed by atoms with Crippen LogP contribution in [0.2, 0.25) is 0 Å². The molecule has 28 heavy (non-hydrogen) atoms. The van der Waals surface area contributed by atoms with E-state index in [9.17, 15) is 4.79 Å². The normalized spacial score (nSPS) is 16.6. The van der Waals surface area contributed by atoms with E-state index >= 15 is 0 Å². The molecule has 1 amide bonds. The van der Waals surface area contributed by atoms with Crippen molar-refractivity contribution in [2.24, 2.45) is 0 Å². The van der Waals surface area contributed by atoms with Gasteiger partial charge in [-0.15, -0.1) is 0 Å². The molecule has 6 nitrogen and oxygen atoms in total. The number of nitrogens with one attached hydrogen (secondary N) is 1. The van der Waals surface area contributed by atoms with E-state index in [2.05, 4.69) is 40.9 Å². The molecule has 1 aromatic carbocycles. The van der Waals surface area contributed by atoms with E-state index in [1.165, 1.54) is 5.69 Å². The van der Waals surface area contributed by atoms with Crippen molar-refractivity contribution in [3.8, 4) is 11.5 Å². The Morgan fingerprint density at radius 1 is 1.29 bits per heavy atom. The van der Waals surface area contributed by atoms with Crippen molar-refractivity contribution in [2.45, 2.75) is 58.0 Å². The molecular formula is C22H26N4O2. The Morgan fingerprint density at radius 2 is 2.07 bits per heavy atom. The highest BCUT2D eigenvalue weighted by atomic mass is 16.3. The number of hydrogen-bond donors (Lipinski definition) is 1. The minimum atomic E-state index is -0.0615. The molecule has 1 atom stereocenters. The first-order valence-electron chi connectivity index (χ1n) is 9.78. The van der Waals surface area contributed by atoms with Gasteiger partial charge in [0.25, 0.3) is 0 Å². The highest BCUT2D eigenvalue weighted by Crippen LogP contribution is 2.32. The maximum Gasteiger partial charge on any atom is 0.226 e. The molecule has 4 rings (SSSR count). The Labute approximate surface area is 165 Å². The molecule has 2 heterocycles. The second kappa shape index (κ2) is 7.26. The molecule has 0 saturated carbocycles. The summed E-state index contributed by atoms with van der Waals surface area (Å²) in [5, 5.41) is 7.75. The predicted molar refractivity (Wildman–Crippen MR) is 107 cm³/mol. The van der Waals surface area contributed by atoms with Gasteiger partial charge in [-0.25, -0.2) is 4.98 Å². The summed E-state index contributed by atoms with van der Waals surface area (Å²) in [4.78, 5) is 17.1. The van der Waals surface area contributed by atoms with Gasteiger partial charge in [0, 0.05) is 16.8 Å². The molecule has 1 aliphatic carbocycles. The molecule has 0 unspecified atom stereocenters. The lowest BCUT2D eigenvalue weighted by molar-refractivity contribution is -0.121. The van der Waals surface area contributed by atoms with Crippen molar-refractivity contribution in [1.82, 2.24) is 20.1 Å². The van der Waals surface area contributed by atoms with Crippen molar-refractivity contribution in [2.75, 3.05) is 0 Å². The minimum Gasteiger partial charge on any atom is -0.444 e. The van der Waals surface area contributed by atoms with Crippen LogP contribution < -0.4 is 5.32 Å². The average molecular weight is 378 g/mol.